The molecular formula is C19H27FN2O2. The van der Waals surface area contributed by atoms with Crippen LogP contribution in [-0.4, -0.2) is 28.6 Å². The van der Waals surface area contributed by atoms with Crippen molar-refractivity contribution in [3.63, 3.8) is 0 Å². The van der Waals surface area contributed by atoms with Gasteiger partial charge in [-0.05, 0) is 54.9 Å². The summed E-state index contributed by atoms with van der Waals surface area (Å²) in [5.74, 6) is -0.252. The number of carbonyl (C=O) groups is 1. The van der Waals surface area contributed by atoms with E-state index < -0.39 is 5.91 Å². The summed E-state index contributed by atoms with van der Waals surface area (Å²) in [6.07, 6.45) is 8.28. The molecule has 0 spiro atoms. The molecule has 1 amide bonds. The third-order valence-electron chi connectivity index (χ3n) is 5.67. The highest BCUT2D eigenvalue weighted by atomic mass is 19.1. The Bertz CT molecular complexity index is 599. The smallest absolute Gasteiger partial charge is 0.274 e. The lowest BCUT2D eigenvalue weighted by atomic mass is 9.86. The van der Waals surface area contributed by atoms with Crippen molar-refractivity contribution in [2.75, 3.05) is 6.54 Å². The number of amides is 1. The van der Waals surface area contributed by atoms with Crippen molar-refractivity contribution in [3.8, 4) is 0 Å². The highest BCUT2D eigenvalue weighted by molar-refractivity contribution is 5.93. The predicted octanol–water partition coefficient (Wildman–Crippen LogP) is 3.66. The summed E-state index contributed by atoms with van der Waals surface area (Å²) >= 11 is 0. The Kier molecular flexibility index (Phi) is 5.51. The second-order valence-corrected chi connectivity index (χ2v) is 7.24. The van der Waals surface area contributed by atoms with Gasteiger partial charge in [0.1, 0.15) is 5.82 Å². The molecule has 24 heavy (non-hydrogen) atoms. The second kappa shape index (κ2) is 7.62. The van der Waals surface area contributed by atoms with Crippen LogP contribution in [0.5, 0.6) is 0 Å². The van der Waals surface area contributed by atoms with Crippen molar-refractivity contribution in [1.82, 2.24) is 10.4 Å². The summed E-state index contributed by atoms with van der Waals surface area (Å²) in [5, 5.41) is 8.80. The van der Waals surface area contributed by atoms with Crippen LogP contribution in [0.1, 0.15) is 66.9 Å². The molecule has 0 unspecified atom stereocenters. The standard InChI is InChI=1S/C19H27FN2O2/c1-2-16-10-17-15(8-14(9-18(17)20)19(23)21-24)12-22(16)11-13-6-4-3-5-7-13/h8-9,13,16,24H,2-7,10-12H2,1H3,(H,21,23)/t16-/m0/s1. The van der Waals surface area contributed by atoms with Crippen molar-refractivity contribution < 1.29 is 14.4 Å². The first-order chi connectivity index (χ1) is 11.6. The minimum atomic E-state index is -0.659. The number of nitrogens with one attached hydrogen (secondary N) is 1. The molecule has 2 aliphatic rings. The first kappa shape index (κ1) is 17.4. The van der Waals surface area contributed by atoms with Gasteiger partial charge in [0.05, 0.1) is 0 Å². The second-order valence-electron chi connectivity index (χ2n) is 7.24. The number of rotatable bonds is 4. The number of benzene rings is 1. The zero-order valence-electron chi connectivity index (χ0n) is 14.4. The summed E-state index contributed by atoms with van der Waals surface area (Å²) < 4.78 is 14.4. The van der Waals surface area contributed by atoms with Gasteiger partial charge in [-0.1, -0.05) is 26.2 Å². The van der Waals surface area contributed by atoms with E-state index in [4.69, 9.17) is 5.21 Å². The lowest BCUT2D eigenvalue weighted by molar-refractivity contribution is 0.0705. The van der Waals surface area contributed by atoms with Gasteiger partial charge in [-0.15, -0.1) is 0 Å². The van der Waals surface area contributed by atoms with Crippen molar-refractivity contribution >= 4 is 5.91 Å². The maximum absolute atomic E-state index is 14.4. The Morgan fingerprint density at radius 2 is 2.08 bits per heavy atom. The van der Waals surface area contributed by atoms with Crippen LogP contribution in [0.15, 0.2) is 12.1 Å². The van der Waals surface area contributed by atoms with Gasteiger partial charge in [-0.2, -0.15) is 0 Å². The zero-order chi connectivity index (χ0) is 17.1. The third kappa shape index (κ3) is 3.62. The molecular weight excluding hydrogens is 307 g/mol. The largest absolute Gasteiger partial charge is 0.296 e. The minimum absolute atomic E-state index is 0.182. The van der Waals surface area contributed by atoms with E-state index in [0.717, 1.165) is 30.0 Å². The lowest BCUT2D eigenvalue weighted by Gasteiger charge is -2.39. The molecule has 1 atom stereocenters. The van der Waals surface area contributed by atoms with Gasteiger partial charge in [0.15, 0.2) is 0 Å². The van der Waals surface area contributed by atoms with Crippen LogP contribution in [0.25, 0.3) is 0 Å². The van der Waals surface area contributed by atoms with Crippen LogP contribution in [-0.2, 0) is 13.0 Å². The first-order valence-corrected chi connectivity index (χ1v) is 9.12. The van der Waals surface area contributed by atoms with Gasteiger partial charge < -0.3 is 0 Å². The van der Waals surface area contributed by atoms with Crippen molar-refractivity contribution in [3.05, 3.63) is 34.6 Å². The third-order valence-corrected chi connectivity index (χ3v) is 5.67. The van der Waals surface area contributed by atoms with E-state index in [9.17, 15) is 9.18 Å². The van der Waals surface area contributed by atoms with E-state index >= 15 is 0 Å². The van der Waals surface area contributed by atoms with E-state index in [2.05, 4.69) is 11.8 Å². The van der Waals surface area contributed by atoms with E-state index in [1.165, 1.54) is 38.2 Å². The van der Waals surface area contributed by atoms with Crippen LogP contribution in [0.4, 0.5) is 4.39 Å². The highest BCUT2D eigenvalue weighted by Gasteiger charge is 2.30. The minimum Gasteiger partial charge on any atom is -0.296 e. The molecule has 4 nitrogen and oxygen atoms in total. The summed E-state index contributed by atoms with van der Waals surface area (Å²) in [4.78, 5) is 14.1. The summed E-state index contributed by atoms with van der Waals surface area (Å²) in [6.45, 7) is 3.92. The summed E-state index contributed by atoms with van der Waals surface area (Å²) in [7, 11) is 0. The molecule has 1 saturated carbocycles. The number of halogens is 1. The molecule has 1 fully saturated rings. The Morgan fingerprint density at radius 1 is 1.33 bits per heavy atom. The summed E-state index contributed by atoms with van der Waals surface area (Å²) in [5.41, 5.74) is 3.39. The molecule has 132 valence electrons. The van der Waals surface area contributed by atoms with Crippen molar-refractivity contribution in [2.24, 2.45) is 5.92 Å². The normalized spacial score (nSPS) is 22.2. The maximum atomic E-state index is 14.4. The van der Waals surface area contributed by atoms with Gasteiger partial charge in [0, 0.05) is 24.7 Å². The van der Waals surface area contributed by atoms with Crippen LogP contribution < -0.4 is 5.48 Å². The fraction of sp³-hybridized carbons (Fsp3) is 0.632. The lowest BCUT2D eigenvalue weighted by Crippen LogP contribution is -2.43. The van der Waals surface area contributed by atoms with Gasteiger partial charge in [-0.3, -0.25) is 14.9 Å². The SMILES string of the molecule is CC[C@H]1Cc2c(F)cc(C(=O)NO)cc2CN1CC1CCCCC1. The molecule has 1 aromatic carbocycles. The van der Waals surface area contributed by atoms with E-state index in [-0.39, 0.29) is 11.4 Å². The maximum Gasteiger partial charge on any atom is 0.274 e. The van der Waals surface area contributed by atoms with Crippen LogP contribution in [0.3, 0.4) is 0 Å². The Balaban J connectivity index is 1.82. The molecule has 5 heteroatoms. The molecule has 0 saturated heterocycles. The average molecular weight is 334 g/mol. The number of nitrogens with zero attached hydrogens (tertiary/aromatic N) is 1. The molecule has 1 heterocycles. The van der Waals surface area contributed by atoms with E-state index in [1.54, 1.807) is 11.5 Å². The predicted molar refractivity (Wildman–Crippen MR) is 90.4 cm³/mol. The number of hydrogen-bond acceptors (Lipinski definition) is 3. The Labute approximate surface area is 143 Å². The fourth-order valence-corrected chi connectivity index (χ4v) is 4.29. The van der Waals surface area contributed by atoms with Gasteiger partial charge in [-0.25, -0.2) is 9.87 Å². The Morgan fingerprint density at radius 3 is 2.75 bits per heavy atom. The molecule has 0 radical (unpaired) electrons. The average Bonchev–Trinajstić information content (AvgIpc) is 2.61. The highest BCUT2D eigenvalue weighted by Crippen LogP contribution is 2.31. The molecule has 1 aromatic rings. The Hall–Kier alpha value is -1.46. The van der Waals surface area contributed by atoms with Crippen LogP contribution in [0, 0.1) is 11.7 Å². The number of hydrogen-bond donors (Lipinski definition) is 2. The van der Waals surface area contributed by atoms with Crippen LogP contribution in [0.2, 0.25) is 0 Å². The molecule has 2 N–H and O–H groups in total. The number of fused-ring (bicyclic) bond motifs is 1. The fourth-order valence-electron chi connectivity index (χ4n) is 4.29. The quantitative estimate of drug-likeness (QED) is 0.653. The van der Waals surface area contributed by atoms with Crippen LogP contribution >= 0.6 is 0 Å². The number of carbonyl (C=O) groups excluding carboxylic acids is 1. The monoisotopic (exact) mass is 334 g/mol. The zero-order valence-corrected chi connectivity index (χ0v) is 14.4. The van der Waals surface area contributed by atoms with Crippen molar-refractivity contribution in [1.29, 1.82) is 0 Å². The van der Waals surface area contributed by atoms with E-state index in [1.807, 2.05) is 0 Å². The molecule has 3 rings (SSSR count). The molecule has 1 aliphatic carbocycles. The topological polar surface area (TPSA) is 52.6 Å². The van der Waals surface area contributed by atoms with Gasteiger partial charge in [0.25, 0.3) is 5.91 Å². The van der Waals surface area contributed by atoms with Gasteiger partial charge >= 0.3 is 0 Å². The summed E-state index contributed by atoms with van der Waals surface area (Å²) in [6, 6.07) is 3.32. The van der Waals surface area contributed by atoms with E-state index in [0.29, 0.717) is 19.0 Å². The number of hydroxylamine groups is 1. The van der Waals surface area contributed by atoms with Gasteiger partial charge in [0.2, 0.25) is 0 Å². The first-order valence-electron chi connectivity index (χ1n) is 9.12. The molecule has 0 aromatic heterocycles. The van der Waals surface area contributed by atoms with Crippen molar-refractivity contribution in [2.45, 2.75) is 64.5 Å². The molecule has 0 bridgehead atoms. The molecule has 1 aliphatic heterocycles.